The second-order valence-electron chi connectivity index (χ2n) is 7.69. The van der Waals surface area contributed by atoms with Crippen LogP contribution in [0.5, 0.6) is 11.5 Å². The van der Waals surface area contributed by atoms with Crippen LogP contribution < -0.4 is 14.8 Å². The fourth-order valence-electron chi connectivity index (χ4n) is 3.57. The molecular weight excluding hydrogens is 466 g/mol. The van der Waals surface area contributed by atoms with E-state index >= 15 is 0 Å². The Morgan fingerprint density at radius 3 is 2.67 bits per heavy atom. The quantitative estimate of drug-likeness (QED) is 0.320. The number of carbonyl (C=O) groups is 1. The minimum atomic E-state index is -2.96. The van der Waals surface area contributed by atoms with Gasteiger partial charge in [0.1, 0.15) is 5.69 Å². The summed E-state index contributed by atoms with van der Waals surface area (Å²) in [6, 6.07) is 18.2. The number of ether oxygens (including phenoxy) is 2. The van der Waals surface area contributed by atoms with E-state index in [9.17, 15) is 13.6 Å². The molecular formula is C27H24F2N4O3. The normalized spacial score (nSPS) is 11.1. The highest BCUT2D eigenvalue weighted by atomic mass is 19.3. The first kappa shape index (κ1) is 24.6. The van der Waals surface area contributed by atoms with Crippen LogP contribution in [0.2, 0.25) is 0 Å². The summed E-state index contributed by atoms with van der Waals surface area (Å²) >= 11 is 0. The Morgan fingerprint density at radius 2 is 1.94 bits per heavy atom. The van der Waals surface area contributed by atoms with Crippen molar-refractivity contribution in [1.82, 2.24) is 20.1 Å². The van der Waals surface area contributed by atoms with E-state index < -0.39 is 6.61 Å². The van der Waals surface area contributed by atoms with Gasteiger partial charge in [-0.2, -0.15) is 13.9 Å². The van der Waals surface area contributed by atoms with E-state index in [4.69, 9.17) is 9.84 Å². The van der Waals surface area contributed by atoms with E-state index in [1.165, 1.54) is 19.3 Å². The Labute approximate surface area is 207 Å². The monoisotopic (exact) mass is 490 g/mol. The number of benzene rings is 2. The molecule has 0 aliphatic heterocycles. The maximum atomic E-state index is 12.6. The number of pyridine rings is 1. The molecule has 0 fully saturated rings. The number of rotatable bonds is 10. The molecule has 0 spiro atoms. The first-order valence-electron chi connectivity index (χ1n) is 11.2. The Hall–Kier alpha value is -4.53. The van der Waals surface area contributed by atoms with Gasteiger partial charge in [0.25, 0.3) is 0 Å². The van der Waals surface area contributed by atoms with Crippen molar-refractivity contribution in [1.29, 1.82) is 0 Å². The third-order valence-corrected chi connectivity index (χ3v) is 5.27. The molecule has 36 heavy (non-hydrogen) atoms. The minimum absolute atomic E-state index is 0.0467. The van der Waals surface area contributed by atoms with Crippen LogP contribution in [0.3, 0.4) is 0 Å². The van der Waals surface area contributed by atoms with Crippen molar-refractivity contribution in [2.24, 2.45) is 0 Å². The van der Waals surface area contributed by atoms with Gasteiger partial charge in [-0.05, 0) is 54.5 Å². The number of nitrogens with one attached hydrogen (secondary N) is 1. The van der Waals surface area contributed by atoms with Gasteiger partial charge in [0.05, 0.1) is 12.8 Å². The van der Waals surface area contributed by atoms with Gasteiger partial charge in [-0.3, -0.25) is 9.78 Å². The number of hydrogen-bond donors (Lipinski definition) is 1. The Kier molecular flexibility index (Phi) is 8.02. The maximum absolute atomic E-state index is 12.6. The molecule has 9 heteroatoms. The van der Waals surface area contributed by atoms with Crippen molar-refractivity contribution in [3.63, 3.8) is 0 Å². The van der Waals surface area contributed by atoms with Crippen molar-refractivity contribution in [2.75, 3.05) is 13.7 Å². The average Bonchev–Trinajstić information content (AvgIpc) is 3.33. The topological polar surface area (TPSA) is 78.3 Å². The molecule has 1 N–H and O–H groups in total. The first-order chi connectivity index (χ1) is 17.5. The molecule has 4 aromatic rings. The molecule has 4 rings (SSSR count). The van der Waals surface area contributed by atoms with Crippen LogP contribution >= 0.6 is 0 Å². The average molecular weight is 491 g/mol. The highest BCUT2D eigenvalue weighted by molar-refractivity contribution is 5.92. The molecule has 0 radical (unpaired) electrons. The van der Waals surface area contributed by atoms with Crippen LogP contribution in [0.4, 0.5) is 8.78 Å². The van der Waals surface area contributed by atoms with Gasteiger partial charge in [0.15, 0.2) is 11.5 Å². The van der Waals surface area contributed by atoms with Gasteiger partial charge >= 0.3 is 6.61 Å². The summed E-state index contributed by atoms with van der Waals surface area (Å²) in [5.41, 5.74) is 3.89. The van der Waals surface area contributed by atoms with Crippen LogP contribution in [0.25, 0.3) is 23.0 Å². The lowest BCUT2D eigenvalue weighted by Gasteiger charge is -2.11. The molecule has 7 nitrogen and oxygen atoms in total. The number of carbonyl (C=O) groups excluding carboxylic acids is 1. The molecule has 2 heterocycles. The fourth-order valence-corrected chi connectivity index (χ4v) is 3.57. The van der Waals surface area contributed by atoms with Gasteiger partial charge in [0.2, 0.25) is 5.91 Å². The van der Waals surface area contributed by atoms with E-state index in [2.05, 4.69) is 15.0 Å². The number of halogens is 2. The standard InChI is InChI=1S/C27H24F2N4O3/c1-35-23-11-9-19(16-24(23)36-27(28)29)13-15-31-25(34)12-10-21-18-33(22-7-3-2-4-8-22)32-26(21)20-6-5-14-30-17-20/h2-12,14,16-18,27H,13,15H2,1H3,(H,31,34)/b12-10+. The number of alkyl halides is 2. The summed E-state index contributed by atoms with van der Waals surface area (Å²) in [5.74, 6) is -0.127. The molecule has 1 amide bonds. The number of hydrogen-bond acceptors (Lipinski definition) is 5. The summed E-state index contributed by atoms with van der Waals surface area (Å²) in [7, 11) is 1.38. The van der Waals surface area contributed by atoms with Crippen LogP contribution in [0, 0.1) is 0 Å². The Balaban J connectivity index is 1.44. The third kappa shape index (κ3) is 6.32. The van der Waals surface area contributed by atoms with Gasteiger partial charge in [-0.15, -0.1) is 0 Å². The largest absolute Gasteiger partial charge is 0.493 e. The molecule has 0 bridgehead atoms. The zero-order chi connectivity index (χ0) is 25.3. The van der Waals surface area contributed by atoms with Crippen molar-refractivity contribution in [3.8, 4) is 28.4 Å². The number of amides is 1. The number of para-hydroxylation sites is 1. The van der Waals surface area contributed by atoms with Crippen LogP contribution in [0.1, 0.15) is 11.1 Å². The van der Waals surface area contributed by atoms with E-state index in [1.54, 1.807) is 35.3 Å². The van der Waals surface area contributed by atoms with Crippen LogP contribution in [0.15, 0.2) is 85.3 Å². The maximum Gasteiger partial charge on any atom is 0.387 e. The van der Waals surface area contributed by atoms with Crippen LogP contribution in [-0.2, 0) is 11.2 Å². The number of methoxy groups -OCH3 is 1. The lowest BCUT2D eigenvalue weighted by Crippen LogP contribution is -2.23. The molecule has 0 saturated carbocycles. The Morgan fingerprint density at radius 1 is 1.11 bits per heavy atom. The summed E-state index contributed by atoms with van der Waals surface area (Å²) < 4.78 is 36.6. The molecule has 0 unspecified atom stereocenters. The van der Waals surface area contributed by atoms with E-state index in [0.717, 1.165) is 22.4 Å². The SMILES string of the molecule is COc1ccc(CCNC(=O)/C=C/c2cn(-c3ccccc3)nc2-c2cccnc2)cc1OC(F)F. The summed E-state index contributed by atoms with van der Waals surface area (Å²) in [4.78, 5) is 16.6. The fraction of sp³-hybridized carbons (Fsp3) is 0.148. The molecule has 184 valence electrons. The number of nitrogens with zero attached hydrogens (tertiary/aromatic N) is 3. The lowest BCUT2D eigenvalue weighted by molar-refractivity contribution is -0.116. The zero-order valence-electron chi connectivity index (χ0n) is 19.5. The molecule has 2 aromatic heterocycles. The van der Waals surface area contributed by atoms with E-state index in [-0.39, 0.29) is 17.4 Å². The third-order valence-electron chi connectivity index (χ3n) is 5.27. The predicted molar refractivity (Wildman–Crippen MR) is 132 cm³/mol. The predicted octanol–water partition coefficient (Wildman–Crippen LogP) is 4.92. The lowest BCUT2D eigenvalue weighted by atomic mass is 10.1. The van der Waals surface area contributed by atoms with Gasteiger partial charge < -0.3 is 14.8 Å². The van der Waals surface area contributed by atoms with E-state index in [1.807, 2.05) is 48.7 Å². The molecule has 0 atom stereocenters. The molecule has 2 aromatic carbocycles. The first-order valence-corrected chi connectivity index (χ1v) is 11.2. The highest BCUT2D eigenvalue weighted by Gasteiger charge is 2.12. The second-order valence-corrected chi connectivity index (χ2v) is 7.69. The second kappa shape index (κ2) is 11.7. The van der Waals surface area contributed by atoms with Crippen molar-refractivity contribution >= 4 is 12.0 Å². The number of aromatic nitrogens is 3. The van der Waals surface area contributed by atoms with Crippen molar-refractivity contribution in [2.45, 2.75) is 13.0 Å². The van der Waals surface area contributed by atoms with Gasteiger partial charge in [-0.1, -0.05) is 24.3 Å². The molecule has 0 aliphatic carbocycles. The molecule has 0 aliphatic rings. The summed E-state index contributed by atoms with van der Waals surface area (Å²) in [6.45, 7) is -2.65. The highest BCUT2D eigenvalue weighted by Crippen LogP contribution is 2.29. The minimum Gasteiger partial charge on any atom is -0.493 e. The van der Waals surface area contributed by atoms with Gasteiger partial charge in [-0.25, -0.2) is 4.68 Å². The van der Waals surface area contributed by atoms with E-state index in [0.29, 0.717) is 18.7 Å². The molecule has 0 saturated heterocycles. The zero-order valence-corrected chi connectivity index (χ0v) is 19.5. The summed E-state index contributed by atoms with van der Waals surface area (Å²) in [5, 5.41) is 7.49. The summed E-state index contributed by atoms with van der Waals surface area (Å²) in [6.07, 6.45) is 8.82. The van der Waals surface area contributed by atoms with Crippen LogP contribution in [-0.4, -0.2) is 40.9 Å². The van der Waals surface area contributed by atoms with Crippen molar-refractivity contribution < 1.29 is 23.0 Å². The van der Waals surface area contributed by atoms with Gasteiger partial charge in [0, 0.05) is 42.3 Å². The Bertz CT molecular complexity index is 1330. The van der Waals surface area contributed by atoms with Crippen molar-refractivity contribution in [3.05, 3.63) is 96.5 Å². The smallest absolute Gasteiger partial charge is 0.387 e.